The molecule has 1 aliphatic heterocycles. The average Bonchev–Trinajstić information content (AvgIpc) is 2.98. The van der Waals surface area contributed by atoms with E-state index in [9.17, 15) is 14.9 Å². The van der Waals surface area contributed by atoms with Gasteiger partial charge in [-0.2, -0.15) is 0 Å². The number of nitro benzene ring substituents is 1. The number of benzene rings is 1. The van der Waals surface area contributed by atoms with Gasteiger partial charge >= 0.3 is 0 Å². The first-order valence-electron chi connectivity index (χ1n) is 6.65. The maximum Gasteiger partial charge on any atom is 0.293 e. The van der Waals surface area contributed by atoms with Crippen LogP contribution in [0.3, 0.4) is 0 Å². The molecule has 20 heavy (non-hydrogen) atoms. The maximum atomic E-state index is 11.8. The molecule has 1 aromatic carbocycles. The van der Waals surface area contributed by atoms with Crippen LogP contribution >= 0.6 is 0 Å². The largest absolute Gasteiger partial charge is 0.366 e. The maximum absolute atomic E-state index is 11.8. The highest BCUT2D eigenvalue weighted by atomic mass is 16.6. The predicted molar refractivity (Wildman–Crippen MR) is 75.9 cm³/mol. The van der Waals surface area contributed by atoms with Crippen molar-refractivity contribution in [3.8, 4) is 0 Å². The number of hydrogen-bond acceptors (Lipinski definition) is 5. The van der Waals surface area contributed by atoms with E-state index in [-0.39, 0.29) is 17.2 Å². The van der Waals surface area contributed by atoms with Gasteiger partial charge in [0, 0.05) is 37.8 Å². The lowest BCUT2D eigenvalue weighted by Crippen LogP contribution is -2.29. The molecule has 0 unspecified atom stereocenters. The molecule has 1 heterocycles. The molecule has 0 saturated carbocycles. The van der Waals surface area contributed by atoms with Crippen LogP contribution in [0, 0.1) is 10.1 Å². The molecule has 0 spiro atoms. The van der Waals surface area contributed by atoms with Crippen LogP contribution in [0.25, 0.3) is 0 Å². The van der Waals surface area contributed by atoms with Crippen molar-refractivity contribution in [1.29, 1.82) is 0 Å². The van der Waals surface area contributed by atoms with Crippen LogP contribution in [0.4, 0.5) is 11.4 Å². The Labute approximate surface area is 116 Å². The van der Waals surface area contributed by atoms with Gasteiger partial charge < -0.3 is 16.0 Å². The summed E-state index contributed by atoms with van der Waals surface area (Å²) in [6.45, 7) is 2.32. The van der Waals surface area contributed by atoms with Crippen LogP contribution in [0.5, 0.6) is 0 Å². The minimum atomic E-state index is -0.437. The van der Waals surface area contributed by atoms with Crippen molar-refractivity contribution in [3.05, 3.63) is 33.9 Å². The van der Waals surface area contributed by atoms with Gasteiger partial charge in [-0.05, 0) is 25.0 Å². The van der Waals surface area contributed by atoms with Gasteiger partial charge in [-0.25, -0.2) is 0 Å². The number of carbonyl (C=O) groups is 1. The van der Waals surface area contributed by atoms with Gasteiger partial charge in [-0.15, -0.1) is 0 Å². The molecule has 0 aromatic heterocycles. The summed E-state index contributed by atoms with van der Waals surface area (Å²) in [5, 5.41) is 13.8. The summed E-state index contributed by atoms with van der Waals surface area (Å²) in [7, 11) is 0. The van der Waals surface area contributed by atoms with Crippen LogP contribution in [0.15, 0.2) is 18.2 Å². The third kappa shape index (κ3) is 3.05. The molecular weight excluding hydrogens is 260 g/mol. The minimum Gasteiger partial charge on any atom is -0.366 e. The summed E-state index contributed by atoms with van der Waals surface area (Å²) in [5.74, 6) is -0.341. The van der Waals surface area contributed by atoms with E-state index in [1.807, 2.05) is 4.90 Å². The zero-order valence-electron chi connectivity index (χ0n) is 11.2. The number of amides is 1. The second kappa shape index (κ2) is 6.33. The van der Waals surface area contributed by atoms with E-state index >= 15 is 0 Å². The first-order valence-corrected chi connectivity index (χ1v) is 6.65. The molecule has 3 N–H and O–H groups in total. The van der Waals surface area contributed by atoms with E-state index in [4.69, 9.17) is 5.73 Å². The lowest BCUT2D eigenvalue weighted by atomic mass is 10.1. The molecule has 0 radical (unpaired) electrons. The van der Waals surface area contributed by atoms with E-state index in [0.717, 1.165) is 25.9 Å². The Balaban J connectivity index is 2.27. The molecule has 108 valence electrons. The van der Waals surface area contributed by atoms with Crippen molar-refractivity contribution in [1.82, 2.24) is 5.32 Å². The third-order valence-corrected chi connectivity index (χ3v) is 3.31. The molecule has 1 amide bonds. The molecule has 2 rings (SSSR count). The number of rotatable bonds is 5. The van der Waals surface area contributed by atoms with Crippen molar-refractivity contribution in [2.24, 2.45) is 5.73 Å². The topological polar surface area (TPSA) is 102 Å². The normalized spacial score (nSPS) is 14.3. The van der Waals surface area contributed by atoms with E-state index in [2.05, 4.69) is 5.32 Å². The molecule has 0 atom stereocenters. The Morgan fingerprint density at radius 3 is 2.70 bits per heavy atom. The zero-order valence-corrected chi connectivity index (χ0v) is 11.2. The quantitative estimate of drug-likeness (QED) is 0.615. The molecule has 7 heteroatoms. The van der Waals surface area contributed by atoms with Gasteiger partial charge in [0.2, 0.25) is 0 Å². The number of nitro groups is 1. The summed E-state index contributed by atoms with van der Waals surface area (Å²) in [6, 6.07) is 4.60. The number of carbonyl (C=O) groups excluding carboxylic acids is 1. The Morgan fingerprint density at radius 2 is 2.10 bits per heavy atom. The summed E-state index contributed by atoms with van der Waals surface area (Å²) in [6.07, 6.45) is 2.08. The Hall–Kier alpha value is -2.15. The van der Waals surface area contributed by atoms with Crippen LogP contribution in [0.1, 0.15) is 23.2 Å². The molecule has 1 aromatic rings. The van der Waals surface area contributed by atoms with E-state index in [1.165, 1.54) is 6.07 Å². The summed E-state index contributed by atoms with van der Waals surface area (Å²) >= 11 is 0. The summed E-state index contributed by atoms with van der Waals surface area (Å²) < 4.78 is 0. The fourth-order valence-electron chi connectivity index (χ4n) is 2.32. The smallest absolute Gasteiger partial charge is 0.293 e. The Morgan fingerprint density at radius 1 is 1.40 bits per heavy atom. The van der Waals surface area contributed by atoms with Crippen molar-refractivity contribution >= 4 is 17.3 Å². The summed E-state index contributed by atoms with van der Waals surface area (Å²) in [5.41, 5.74) is 6.16. The van der Waals surface area contributed by atoms with E-state index in [0.29, 0.717) is 18.8 Å². The second-order valence-corrected chi connectivity index (χ2v) is 4.70. The van der Waals surface area contributed by atoms with Crippen molar-refractivity contribution in [2.45, 2.75) is 12.8 Å². The van der Waals surface area contributed by atoms with Gasteiger partial charge in [-0.3, -0.25) is 14.9 Å². The Bertz CT molecular complexity index is 512. The van der Waals surface area contributed by atoms with Crippen molar-refractivity contribution < 1.29 is 9.72 Å². The predicted octanol–water partition coefficient (Wildman–Crippen LogP) is 0.883. The highest BCUT2D eigenvalue weighted by molar-refractivity contribution is 5.95. The highest BCUT2D eigenvalue weighted by Crippen LogP contribution is 2.31. The summed E-state index contributed by atoms with van der Waals surface area (Å²) in [4.78, 5) is 24.6. The first kappa shape index (κ1) is 14.3. The molecule has 0 aliphatic carbocycles. The first-order chi connectivity index (χ1) is 9.63. The van der Waals surface area contributed by atoms with Gasteiger partial charge in [0.15, 0.2) is 0 Å². The van der Waals surface area contributed by atoms with Gasteiger partial charge in [-0.1, -0.05) is 0 Å². The standard InChI is InChI=1S/C13H18N4O3/c14-5-6-15-13(18)10-3-4-11(12(9-10)17(19)20)16-7-1-2-8-16/h3-4,9H,1-2,5-8,14H2,(H,15,18). The van der Waals surface area contributed by atoms with Gasteiger partial charge in [0.25, 0.3) is 11.6 Å². The van der Waals surface area contributed by atoms with Crippen molar-refractivity contribution in [2.75, 3.05) is 31.1 Å². The number of nitrogens with one attached hydrogen (secondary N) is 1. The fraction of sp³-hybridized carbons (Fsp3) is 0.462. The van der Waals surface area contributed by atoms with Crippen LogP contribution in [-0.4, -0.2) is 37.0 Å². The molecule has 0 bridgehead atoms. The van der Waals surface area contributed by atoms with Gasteiger partial charge in [0.05, 0.1) is 4.92 Å². The zero-order chi connectivity index (χ0) is 14.5. The highest BCUT2D eigenvalue weighted by Gasteiger charge is 2.23. The number of hydrogen-bond donors (Lipinski definition) is 2. The molecule has 1 saturated heterocycles. The average molecular weight is 278 g/mol. The lowest BCUT2D eigenvalue weighted by molar-refractivity contribution is -0.384. The second-order valence-electron chi connectivity index (χ2n) is 4.70. The fourth-order valence-corrected chi connectivity index (χ4v) is 2.32. The van der Waals surface area contributed by atoms with Crippen LogP contribution in [-0.2, 0) is 0 Å². The van der Waals surface area contributed by atoms with Crippen LogP contribution in [0.2, 0.25) is 0 Å². The molecule has 1 fully saturated rings. The molecule has 7 nitrogen and oxygen atoms in total. The number of anilines is 1. The molecule has 1 aliphatic rings. The number of nitrogens with zero attached hydrogens (tertiary/aromatic N) is 2. The Kier molecular flexibility index (Phi) is 4.52. The van der Waals surface area contributed by atoms with Crippen LogP contribution < -0.4 is 16.0 Å². The van der Waals surface area contributed by atoms with Crippen molar-refractivity contribution in [3.63, 3.8) is 0 Å². The lowest BCUT2D eigenvalue weighted by Gasteiger charge is -2.17. The molecular formula is C13H18N4O3. The monoisotopic (exact) mass is 278 g/mol. The van der Waals surface area contributed by atoms with E-state index in [1.54, 1.807) is 12.1 Å². The minimum absolute atomic E-state index is 0.0210. The SMILES string of the molecule is NCCNC(=O)c1ccc(N2CCCC2)c([N+](=O)[O-])c1. The number of nitrogens with two attached hydrogens (primary N) is 1. The van der Waals surface area contributed by atoms with Gasteiger partial charge in [0.1, 0.15) is 5.69 Å². The third-order valence-electron chi connectivity index (χ3n) is 3.31. The van der Waals surface area contributed by atoms with E-state index < -0.39 is 4.92 Å².